The zero-order valence-electron chi connectivity index (χ0n) is 8.28. The first-order chi connectivity index (χ1) is 6.74. The minimum Gasteiger partial charge on any atom is -0.0919 e. The van der Waals surface area contributed by atoms with Crippen molar-refractivity contribution in [1.82, 2.24) is 0 Å². The molecule has 0 atom stereocenters. The van der Waals surface area contributed by atoms with Crippen LogP contribution in [0.3, 0.4) is 0 Å². The summed E-state index contributed by atoms with van der Waals surface area (Å²) in [5, 5.41) is 3.34. The van der Waals surface area contributed by atoms with Crippen molar-refractivity contribution in [3.63, 3.8) is 0 Å². The summed E-state index contributed by atoms with van der Waals surface area (Å²) in [6.45, 7) is 4.29. The van der Waals surface area contributed by atoms with Crippen LogP contribution in [0.15, 0.2) is 23.3 Å². The van der Waals surface area contributed by atoms with Crippen LogP contribution in [0.5, 0.6) is 0 Å². The van der Waals surface area contributed by atoms with Gasteiger partial charge in [-0.25, -0.2) is 0 Å². The topological polar surface area (TPSA) is 48.8 Å². The maximum absolute atomic E-state index is 8.04. The number of hydrogen-bond acceptors (Lipinski definition) is 1. The molecule has 3 heteroatoms. The van der Waals surface area contributed by atoms with E-state index in [4.69, 9.17) is 5.53 Å². The molecular weight excluding hydrogens is 174 g/mol. The zero-order valence-corrected chi connectivity index (χ0v) is 8.28. The van der Waals surface area contributed by atoms with E-state index in [9.17, 15) is 0 Å². The minimum atomic E-state index is 0.226. The summed E-state index contributed by atoms with van der Waals surface area (Å²) in [6, 6.07) is 6.08. The number of rotatable bonds is 1. The lowest BCUT2D eigenvalue weighted by Crippen LogP contribution is -1.83. The van der Waals surface area contributed by atoms with E-state index in [1.165, 1.54) is 5.56 Å². The van der Waals surface area contributed by atoms with E-state index in [1.807, 2.05) is 26.0 Å². The van der Waals surface area contributed by atoms with Gasteiger partial charge in [0.15, 0.2) is 0 Å². The molecule has 3 nitrogen and oxygen atoms in total. The van der Waals surface area contributed by atoms with Crippen LogP contribution in [0.4, 0.5) is 0 Å². The predicted molar refractivity (Wildman–Crippen MR) is 56.8 cm³/mol. The van der Waals surface area contributed by atoms with Crippen molar-refractivity contribution in [3.05, 3.63) is 45.3 Å². The van der Waals surface area contributed by atoms with E-state index >= 15 is 0 Å². The highest BCUT2D eigenvalue weighted by Crippen LogP contribution is 2.08. The molecule has 14 heavy (non-hydrogen) atoms. The Labute approximate surface area is 83.4 Å². The molecule has 0 aliphatic rings. The van der Waals surface area contributed by atoms with Crippen molar-refractivity contribution in [3.8, 4) is 11.8 Å². The molecule has 0 fully saturated rings. The first-order valence-electron chi connectivity index (χ1n) is 4.31. The Morgan fingerprint density at radius 1 is 1.43 bits per heavy atom. The third-order valence-electron chi connectivity index (χ3n) is 1.82. The number of aryl methyl sites for hydroxylation is 2. The quantitative estimate of drug-likeness (QED) is 0.279. The van der Waals surface area contributed by atoms with Gasteiger partial charge in [0.1, 0.15) is 0 Å². The Morgan fingerprint density at radius 2 is 2.21 bits per heavy atom. The van der Waals surface area contributed by atoms with Crippen LogP contribution in [0.2, 0.25) is 0 Å². The van der Waals surface area contributed by atoms with E-state index in [2.05, 4.69) is 27.9 Å². The number of benzene rings is 1. The lowest BCUT2D eigenvalue weighted by molar-refractivity contribution is 1.25. The molecule has 0 aliphatic heterocycles. The van der Waals surface area contributed by atoms with Crippen LogP contribution in [0.25, 0.3) is 10.4 Å². The molecule has 0 bridgehead atoms. The van der Waals surface area contributed by atoms with Gasteiger partial charge in [0.2, 0.25) is 0 Å². The van der Waals surface area contributed by atoms with Gasteiger partial charge in [0, 0.05) is 10.5 Å². The lowest BCUT2D eigenvalue weighted by atomic mass is 10.1. The van der Waals surface area contributed by atoms with Crippen molar-refractivity contribution in [2.24, 2.45) is 5.11 Å². The Balaban J connectivity index is 2.84. The molecule has 0 aromatic heterocycles. The summed E-state index contributed by atoms with van der Waals surface area (Å²) >= 11 is 0. The van der Waals surface area contributed by atoms with Gasteiger partial charge in [-0.3, -0.25) is 0 Å². The fraction of sp³-hybridized carbons (Fsp3) is 0.273. The highest BCUT2D eigenvalue weighted by atomic mass is 15.1. The van der Waals surface area contributed by atoms with Crippen molar-refractivity contribution in [1.29, 1.82) is 0 Å². The van der Waals surface area contributed by atoms with Gasteiger partial charge in [-0.2, -0.15) is 0 Å². The second-order valence-electron chi connectivity index (χ2n) is 3.01. The normalized spacial score (nSPS) is 8.43. The Hall–Kier alpha value is -1.91. The smallest absolute Gasteiger partial charge is 0.0880 e. The highest BCUT2D eigenvalue weighted by Gasteiger charge is 1.92. The maximum Gasteiger partial charge on any atom is 0.0880 e. The van der Waals surface area contributed by atoms with Crippen LogP contribution in [-0.2, 0) is 0 Å². The molecule has 0 saturated carbocycles. The average molecular weight is 185 g/mol. The molecule has 0 amide bonds. The highest BCUT2D eigenvalue weighted by molar-refractivity contribution is 5.42. The van der Waals surface area contributed by atoms with Crippen LogP contribution in [0.1, 0.15) is 16.7 Å². The van der Waals surface area contributed by atoms with Crippen LogP contribution < -0.4 is 0 Å². The lowest BCUT2D eigenvalue weighted by Gasteiger charge is -1.98. The molecule has 1 aromatic carbocycles. The fourth-order valence-corrected chi connectivity index (χ4v) is 1.16. The van der Waals surface area contributed by atoms with Crippen LogP contribution in [0, 0.1) is 25.7 Å². The van der Waals surface area contributed by atoms with Crippen molar-refractivity contribution < 1.29 is 0 Å². The predicted octanol–water partition coefficient (Wildman–Crippen LogP) is 2.97. The number of nitrogens with zero attached hydrogens (tertiary/aromatic N) is 3. The maximum atomic E-state index is 8.04. The molecule has 1 rings (SSSR count). The van der Waals surface area contributed by atoms with Gasteiger partial charge in [0.25, 0.3) is 0 Å². The van der Waals surface area contributed by atoms with Crippen LogP contribution >= 0.6 is 0 Å². The Morgan fingerprint density at radius 3 is 2.86 bits per heavy atom. The molecular formula is C11H11N3. The van der Waals surface area contributed by atoms with E-state index in [-0.39, 0.29) is 6.54 Å². The molecule has 0 saturated heterocycles. The van der Waals surface area contributed by atoms with E-state index in [0.29, 0.717) is 0 Å². The van der Waals surface area contributed by atoms with Gasteiger partial charge in [0.05, 0.1) is 6.54 Å². The molecule has 0 spiro atoms. The third kappa shape index (κ3) is 2.85. The van der Waals surface area contributed by atoms with Crippen molar-refractivity contribution >= 4 is 0 Å². The Bertz CT molecular complexity index is 432. The molecule has 0 N–H and O–H groups in total. The molecule has 1 aromatic rings. The summed E-state index contributed by atoms with van der Waals surface area (Å²) in [5.74, 6) is 5.75. The van der Waals surface area contributed by atoms with Gasteiger partial charge >= 0.3 is 0 Å². The van der Waals surface area contributed by atoms with E-state index in [1.54, 1.807) is 0 Å². The van der Waals surface area contributed by atoms with Gasteiger partial charge in [-0.15, -0.1) is 0 Å². The molecule has 0 heterocycles. The van der Waals surface area contributed by atoms with E-state index in [0.717, 1.165) is 11.1 Å². The Kier molecular flexibility index (Phi) is 3.60. The molecule has 0 aliphatic carbocycles. The summed E-state index contributed by atoms with van der Waals surface area (Å²) in [7, 11) is 0. The SMILES string of the molecule is Cc1ccc(C#CCN=[N+]=[N-])c(C)c1. The summed E-state index contributed by atoms with van der Waals surface area (Å²) < 4.78 is 0. The minimum absolute atomic E-state index is 0.226. The second-order valence-corrected chi connectivity index (χ2v) is 3.01. The number of azide groups is 1. The van der Waals surface area contributed by atoms with Gasteiger partial charge in [-0.05, 0) is 31.0 Å². The van der Waals surface area contributed by atoms with Gasteiger partial charge in [-0.1, -0.05) is 34.7 Å². The first kappa shape index (κ1) is 10.2. The zero-order chi connectivity index (χ0) is 10.4. The largest absolute Gasteiger partial charge is 0.0919 e. The first-order valence-corrected chi connectivity index (χ1v) is 4.31. The summed E-state index contributed by atoms with van der Waals surface area (Å²) in [6.07, 6.45) is 0. The summed E-state index contributed by atoms with van der Waals surface area (Å²) in [4.78, 5) is 2.63. The van der Waals surface area contributed by atoms with Crippen LogP contribution in [-0.4, -0.2) is 6.54 Å². The molecule has 0 unspecified atom stereocenters. The van der Waals surface area contributed by atoms with Crippen molar-refractivity contribution in [2.75, 3.05) is 6.54 Å². The summed E-state index contributed by atoms with van der Waals surface area (Å²) in [5.41, 5.74) is 11.4. The monoisotopic (exact) mass is 185 g/mol. The second kappa shape index (κ2) is 4.96. The fourth-order valence-electron chi connectivity index (χ4n) is 1.16. The molecule has 0 radical (unpaired) electrons. The van der Waals surface area contributed by atoms with Crippen molar-refractivity contribution in [2.45, 2.75) is 13.8 Å². The standard InChI is InChI=1S/C11H11N3/c1-9-5-6-11(10(2)8-9)4-3-7-13-14-12/h5-6,8H,7H2,1-2H3. The molecule has 70 valence electrons. The van der Waals surface area contributed by atoms with E-state index < -0.39 is 0 Å². The number of hydrogen-bond donors (Lipinski definition) is 0. The third-order valence-corrected chi connectivity index (χ3v) is 1.82. The average Bonchev–Trinajstić information content (AvgIpc) is 2.15. The van der Waals surface area contributed by atoms with Gasteiger partial charge < -0.3 is 0 Å².